The SMILES string of the molecule is CCCCCCCCCOP(=O)(O)OC1CCN(C(=O)OC(C)(C)C)CC1. The summed E-state index contributed by atoms with van der Waals surface area (Å²) in [4.78, 5) is 23.5. The lowest BCUT2D eigenvalue weighted by Crippen LogP contribution is -2.43. The van der Waals surface area contributed by atoms with Gasteiger partial charge in [0, 0.05) is 13.1 Å². The van der Waals surface area contributed by atoms with Crippen molar-refractivity contribution >= 4 is 13.9 Å². The van der Waals surface area contributed by atoms with Crippen LogP contribution < -0.4 is 0 Å². The number of carbonyl (C=O) groups excluding carboxylic acids is 1. The molecule has 1 aliphatic heterocycles. The molecule has 0 aliphatic carbocycles. The van der Waals surface area contributed by atoms with Crippen LogP contribution in [0.2, 0.25) is 0 Å². The first-order chi connectivity index (χ1) is 12.6. The van der Waals surface area contributed by atoms with Gasteiger partial charge in [0.2, 0.25) is 0 Å². The van der Waals surface area contributed by atoms with E-state index >= 15 is 0 Å². The molecular formula is C19H38NO6P. The summed E-state index contributed by atoms with van der Waals surface area (Å²) < 4.78 is 27.8. The molecular weight excluding hydrogens is 369 g/mol. The Hall–Kier alpha value is -0.620. The molecule has 1 amide bonds. The number of ether oxygens (including phenoxy) is 1. The molecule has 1 fully saturated rings. The van der Waals surface area contributed by atoms with E-state index in [1.165, 1.54) is 25.7 Å². The number of piperidine rings is 1. The van der Waals surface area contributed by atoms with E-state index in [2.05, 4.69) is 6.92 Å². The van der Waals surface area contributed by atoms with Crippen molar-refractivity contribution in [2.45, 2.75) is 97.2 Å². The lowest BCUT2D eigenvalue weighted by molar-refractivity contribution is 0.00845. The molecule has 7 nitrogen and oxygen atoms in total. The maximum absolute atomic E-state index is 12.1. The Balaban J connectivity index is 2.18. The highest BCUT2D eigenvalue weighted by molar-refractivity contribution is 7.47. The maximum Gasteiger partial charge on any atom is 0.472 e. The molecule has 1 atom stereocenters. The van der Waals surface area contributed by atoms with E-state index in [0.29, 0.717) is 25.9 Å². The van der Waals surface area contributed by atoms with Gasteiger partial charge in [-0.3, -0.25) is 9.05 Å². The van der Waals surface area contributed by atoms with Crippen LogP contribution in [0.25, 0.3) is 0 Å². The van der Waals surface area contributed by atoms with E-state index in [-0.39, 0.29) is 18.8 Å². The number of hydrogen-bond acceptors (Lipinski definition) is 5. The van der Waals surface area contributed by atoms with Crippen LogP contribution in [-0.4, -0.2) is 47.3 Å². The molecule has 0 aromatic carbocycles. The fraction of sp³-hybridized carbons (Fsp3) is 0.947. The van der Waals surface area contributed by atoms with Crippen LogP contribution >= 0.6 is 7.82 Å². The number of phosphoric acid groups is 1. The molecule has 0 radical (unpaired) electrons. The molecule has 0 aromatic heterocycles. The summed E-state index contributed by atoms with van der Waals surface area (Å²) >= 11 is 0. The van der Waals surface area contributed by atoms with Gasteiger partial charge in [-0.05, 0) is 40.0 Å². The van der Waals surface area contributed by atoms with Gasteiger partial charge in [-0.2, -0.15) is 0 Å². The third-order valence-electron chi connectivity index (χ3n) is 4.38. The Morgan fingerprint density at radius 1 is 1.07 bits per heavy atom. The van der Waals surface area contributed by atoms with Crippen molar-refractivity contribution in [2.24, 2.45) is 0 Å². The van der Waals surface area contributed by atoms with E-state index in [4.69, 9.17) is 13.8 Å². The molecule has 1 saturated heterocycles. The molecule has 1 heterocycles. The first-order valence-corrected chi connectivity index (χ1v) is 11.8. The molecule has 1 N–H and O–H groups in total. The van der Waals surface area contributed by atoms with E-state index < -0.39 is 13.4 Å². The molecule has 1 aliphatic rings. The van der Waals surface area contributed by atoms with Crippen molar-refractivity contribution in [1.29, 1.82) is 0 Å². The Kier molecular flexibility index (Phi) is 10.9. The standard InChI is InChI=1S/C19H38NO6P/c1-5-6-7-8-9-10-11-16-24-27(22,23)26-17-12-14-20(15-13-17)18(21)25-19(2,3)4/h17H,5-16H2,1-4H3,(H,22,23). The second-order valence-corrected chi connectivity index (χ2v) is 9.60. The summed E-state index contributed by atoms with van der Waals surface area (Å²) in [5.41, 5.74) is -0.533. The number of unbranched alkanes of at least 4 members (excludes halogenated alkanes) is 6. The van der Waals surface area contributed by atoms with E-state index in [9.17, 15) is 14.3 Å². The molecule has 0 spiro atoms. The number of nitrogens with zero attached hydrogens (tertiary/aromatic N) is 1. The van der Waals surface area contributed by atoms with Crippen molar-refractivity contribution in [2.75, 3.05) is 19.7 Å². The van der Waals surface area contributed by atoms with Crippen LogP contribution in [0.4, 0.5) is 4.79 Å². The van der Waals surface area contributed by atoms with Gasteiger partial charge in [-0.1, -0.05) is 45.4 Å². The van der Waals surface area contributed by atoms with Crippen molar-refractivity contribution in [3.63, 3.8) is 0 Å². The zero-order valence-corrected chi connectivity index (χ0v) is 18.3. The molecule has 1 rings (SSSR count). The average Bonchev–Trinajstić information content (AvgIpc) is 2.56. The van der Waals surface area contributed by atoms with Gasteiger partial charge < -0.3 is 14.5 Å². The van der Waals surface area contributed by atoms with Crippen LogP contribution in [0.5, 0.6) is 0 Å². The Labute approximate surface area is 164 Å². The highest BCUT2D eigenvalue weighted by Gasteiger charge is 2.32. The molecule has 0 saturated carbocycles. The monoisotopic (exact) mass is 407 g/mol. The summed E-state index contributed by atoms with van der Waals surface area (Å²) in [5.74, 6) is 0. The fourth-order valence-corrected chi connectivity index (χ4v) is 3.94. The summed E-state index contributed by atoms with van der Waals surface area (Å²) in [6, 6.07) is 0. The minimum absolute atomic E-state index is 0.234. The summed E-state index contributed by atoms with van der Waals surface area (Å²) in [6.45, 7) is 8.78. The molecule has 8 heteroatoms. The van der Waals surface area contributed by atoms with Gasteiger partial charge in [0.1, 0.15) is 5.60 Å². The van der Waals surface area contributed by atoms with Gasteiger partial charge in [0.25, 0.3) is 0 Å². The van der Waals surface area contributed by atoms with Crippen LogP contribution in [0.3, 0.4) is 0 Å². The number of amides is 1. The van der Waals surface area contributed by atoms with Gasteiger partial charge in [-0.25, -0.2) is 9.36 Å². The van der Waals surface area contributed by atoms with Crippen LogP contribution in [0.1, 0.15) is 85.5 Å². The second-order valence-electron chi connectivity index (χ2n) is 8.20. The average molecular weight is 407 g/mol. The van der Waals surface area contributed by atoms with Crippen LogP contribution in [0, 0.1) is 0 Å². The smallest absolute Gasteiger partial charge is 0.444 e. The maximum atomic E-state index is 12.1. The fourth-order valence-electron chi connectivity index (χ4n) is 2.93. The quantitative estimate of drug-likeness (QED) is 0.371. The topological polar surface area (TPSA) is 85.3 Å². The summed E-state index contributed by atoms with van der Waals surface area (Å²) in [6.07, 6.45) is 8.08. The van der Waals surface area contributed by atoms with Crippen molar-refractivity contribution < 1.29 is 28.0 Å². The molecule has 0 aromatic rings. The summed E-state index contributed by atoms with van der Waals surface area (Å²) in [7, 11) is -4.04. The number of phosphoric ester groups is 1. The third-order valence-corrected chi connectivity index (χ3v) is 5.45. The van der Waals surface area contributed by atoms with Crippen molar-refractivity contribution in [3.05, 3.63) is 0 Å². The highest BCUT2D eigenvalue weighted by atomic mass is 31.2. The van der Waals surface area contributed by atoms with E-state index in [1.54, 1.807) is 4.90 Å². The first-order valence-electron chi connectivity index (χ1n) is 10.3. The first kappa shape index (κ1) is 24.4. The molecule has 27 heavy (non-hydrogen) atoms. The zero-order chi connectivity index (χ0) is 20.3. The highest BCUT2D eigenvalue weighted by Crippen LogP contribution is 2.46. The normalized spacial score (nSPS) is 18.3. The van der Waals surface area contributed by atoms with Gasteiger partial charge in [0.15, 0.2) is 0 Å². The number of likely N-dealkylation sites (tertiary alicyclic amines) is 1. The van der Waals surface area contributed by atoms with E-state index in [1.807, 2.05) is 20.8 Å². The van der Waals surface area contributed by atoms with Crippen molar-refractivity contribution in [1.82, 2.24) is 4.90 Å². The van der Waals surface area contributed by atoms with Crippen LogP contribution in [0.15, 0.2) is 0 Å². The number of hydrogen-bond donors (Lipinski definition) is 1. The Bertz CT molecular complexity index is 471. The molecule has 160 valence electrons. The number of rotatable bonds is 11. The second kappa shape index (κ2) is 12.1. The third kappa shape index (κ3) is 11.7. The lowest BCUT2D eigenvalue weighted by Gasteiger charge is -2.33. The number of carbonyl (C=O) groups is 1. The van der Waals surface area contributed by atoms with E-state index in [0.717, 1.165) is 19.3 Å². The largest absolute Gasteiger partial charge is 0.472 e. The minimum atomic E-state index is -4.04. The molecule has 1 unspecified atom stereocenters. The van der Waals surface area contributed by atoms with Gasteiger partial charge in [0.05, 0.1) is 12.7 Å². The molecule has 0 bridgehead atoms. The van der Waals surface area contributed by atoms with Gasteiger partial charge >= 0.3 is 13.9 Å². The lowest BCUT2D eigenvalue weighted by atomic mass is 10.1. The predicted octanol–water partition coefficient (Wildman–Crippen LogP) is 5.27. The predicted molar refractivity (Wildman–Crippen MR) is 106 cm³/mol. The van der Waals surface area contributed by atoms with Crippen LogP contribution in [-0.2, 0) is 18.3 Å². The summed E-state index contributed by atoms with van der Waals surface area (Å²) in [5, 5.41) is 0. The Morgan fingerprint density at radius 2 is 1.63 bits per heavy atom. The van der Waals surface area contributed by atoms with Crippen molar-refractivity contribution in [3.8, 4) is 0 Å². The minimum Gasteiger partial charge on any atom is -0.444 e. The van der Waals surface area contributed by atoms with Gasteiger partial charge in [-0.15, -0.1) is 0 Å². The Morgan fingerprint density at radius 3 is 2.19 bits per heavy atom. The zero-order valence-electron chi connectivity index (χ0n) is 17.4.